The van der Waals surface area contributed by atoms with Crippen LogP contribution in [0, 0.1) is 5.82 Å². The van der Waals surface area contributed by atoms with E-state index in [-0.39, 0.29) is 5.82 Å². The smallest absolute Gasteiger partial charge is 0.128 e. The molecule has 3 N–H and O–H groups in total. The van der Waals surface area contributed by atoms with Crippen molar-refractivity contribution in [3.8, 4) is 0 Å². The first-order valence-electron chi connectivity index (χ1n) is 6.08. The third-order valence-electron chi connectivity index (χ3n) is 3.26. The molecule has 5 heteroatoms. The molecule has 0 aliphatic carbocycles. The molecule has 0 aliphatic heterocycles. The molecular formula is C15H12ClFN2S. The molecule has 0 saturated carbocycles. The summed E-state index contributed by atoms with van der Waals surface area (Å²) in [5, 5.41) is 3.62. The summed E-state index contributed by atoms with van der Waals surface area (Å²) < 4.78 is 15.2. The van der Waals surface area contributed by atoms with E-state index in [4.69, 9.17) is 17.4 Å². The van der Waals surface area contributed by atoms with Crippen molar-refractivity contribution in [1.29, 1.82) is 0 Å². The molecule has 0 amide bonds. The monoisotopic (exact) mass is 306 g/mol. The summed E-state index contributed by atoms with van der Waals surface area (Å²) in [6, 6.07) is 12.0. The van der Waals surface area contributed by atoms with Crippen LogP contribution in [0.1, 0.15) is 17.2 Å². The van der Waals surface area contributed by atoms with E-state index in [9.17, 15) is 4.39 Å². The first-order chi connectivity index (χ1) is 9.70. The predicted molar refractivity (Wildman–Crippen MR) is 82.4 cm³/mol. The summed E-state index contributed by atoms with van der Waals surface area (Å²) in [7, 11) is 0. The molecule has 1 unspecified atom stereocenters. The van der Waals surface area contributed by atoms with Crippen molar-refractivity contribution in [2.75, 3.05) is 0 Å². The minimum Gasteiger partial charge on any atom is -0.271 e. The molecule has 2 nitrogen and oxygen atoms in total. The van der Waals surface area contributed by atoms with Crippen molar-refractivity contribution in [3.63, 3.8) is 0 Å². The molecular weight excluding hydrogens is 295 g/mol. The molecule has 0 fully saturated rings. The number of hydrazine groups is 1. The van der Waals surface area contributed by atoms with E-state index in [2.05, 4.69) is 5.43 Å². The zero-order chi connectivity index (χ0) is 14.1. The van der Waals surface area contributed by atoms with Crippen molar-refractivity contribution >= 4 is 33.0 Å². The molecule has 1 heterocycles. The molecule has 0 radical (unpaired) electrons. The van der Waals surface area contributed by atoms with Gasteiger partial charge >= 0.3 is 0 Å². The highest BCUT2D eigenvalue weighted by molar-refractivity contribution is 7.17. The lowest BCUT2D eigenvalue weighted by Crippen LogP contribution is -2.29. The van der Waals surface area contributed by atoms with Crippen molar-refractivity contribution in [3.05, 3.63) is 69.8 Å². The number of fused-ring (bicyclic) bond motifs is 1. The zero-order valence-electron chi connectivity index (χ0n) is 10.4. The Morgan fingerprint density at radius 2 is 2.00 bits per heavy atom. The molecule has 3 rings (SSSR count). The molecule has 0 aliphatic rings. The van der Waals surface area contributed by atoms with Crippen LogP contribution in [0.25, 0.3) is 10.1 Å². The van der Waals surface area contributed by atoms with Crippen LogP contribution in [0.2, 0.25) is 5.02 Å². The van der Waals surface area contributed by atoms with Gasteiger partial charge in [0.1, 0.15) is 5.82 Å². The van der Waals surface area contributed by atoms with Gasteiger partial charge in [0.05, 0.1) is 6.04 Å². The first-order valence-corrected chi connectivity index (χ1v) is 7.33. The van der Waals surface area contributed by atoms with Gasteiger partial charge in [-0.25, -0.2) is 9.82 Å². The molecule has 1 atom stereocenters. The van der Waals surface area contributed by atoms with E-state index in [0.717, 1.165) is 15.6 Å². The third-order valence-corrected chi connectivity index (χ3v) is 4.47. The molecule has 0 bridgehead atoms. The maximum Gasteiger partial charge on any atom is 0.128 e. The molecule has 1 aromatic heterocycles. The largest absolute Gasteiger partial charge is 0.271 e. The van der Waals surface area contributed by atoms with Gasteiger partial charge in [0, 0.05) is 15.3 Å². The summed E-state index contributed by atoms with van der Waals surface area (Å²) in [5.41, 5.74) is 4.08. The van der Waals surface area contributed by atoms with E-state index in [1.54, 1.807) is 17.4 Å². The standard InChI is InChI=1S/C15H12ClFN2S/c16-10-4-5-13(17)12(8-10)14(19-18)11-3-1-2-9-6-7-20-15(9)11/h1-8,14,19H,18H2. The van der Waals surface area contributed by atoms with Crippen LogP contribution < -0.4 is 11.3 Å². The van der Waals surface area contributed by atoms with Gasteiger partial charge in [-0.2, -0.15) is 0 Å². The molecule has 0 spiro atoms. The summed E-state index contributed by atoms with van der Waals surface area (Å²) in [4.78, 5) is 0. The topological polar surface area (TPSA) is 38.0 Å². The number of thiophene rings is 1. The fraction of sp³-hybridized carbons (Fsp3) is 0.0667. The molecule has 102 valence electrons. The van der Waals surface area contributed by atoms with Crippen LogP contribution in [-0.4, -0.2) is 0 Å². The number of hydrogen-bond donors (Lipinski definition) is 2. The predicted octanol–water partition coefficient (Wildman–Crippen LogP) is 4.25. The van der Waals surface area contributed by atoms with E-state index < -0.39 is 6.04 Å². The van der Waals surface area contributed by atoms with Gasteiger partial charge in [-0.1, -0.05) is 29.8 Å². The number of benzene rings is 2. The third kappa shape index (κ3) is 2.31. The molecule has 0 saturated heterocycles. The van der Waals surface area contributed by atoms with Crippen molar-refractivity contribution in [1.82, 2.24) is 5.43 Å². The maximum absolute atomic E-state index is 14.1. The number of nitrogens with one attached hydrogen (secondary N) is 1. The van der Waals surface area contributed by atoms with E-state index >= 15 is 0 Å². The zero-order valence-corrected chi connectivity index (χ0v) is 12.0. The van der Waals surface area contributed by atoms with Gasteiger partial charge in [0.15, 0.2) is 0 Å². The van der Waals surface area contributed by atoms with Crippen molar-refractivity contribution in [2.24, 2.45) is 5.84 Å². The van der Waals surface area contributed by atoms with Crippen molar-refractivity contribution in [2.45, 2.75) is 6.04 Å². The van der Waals surface area contributed by atoms with E-state index in [1.165, 1.54) is 12.1 Å². The minimum absolute atomic E-state index is 0.328. The Kier molecular flexibility index (Phi) is 3.72. The highest BCUT2D eigenvalue weighted by Crippen LogP contribution is 2.33. The highest BCUT2D eigenvalue weighted by Gasteiger charge is 2.19. The van der Waals surface area contributed by atoms with Gasteiger partial charge < -0.3 is 0 Å². The van der Waals surface area contributed by atoms with Crippen LogP contribution in [0.3, 0.4) is 0 Å². The molecule has 2 aromatic carbocycles. The summed E-state index contributed by atoms with van der Waals surface area (Å²) >= 11 is 7.58. The Bertz CT molecular complexity index is 756. The highest BCUT2D eigenvalue weighted by atomic mass is 35.5. The molecule has 20 heavy (non-hydrogen) atoms. The fourth-order valence-corrected chi connectivity index (χ4v) is 3.45. The Morgan fingerprint density at radius 3 is 2.80 bits per heavy atom. The van der Waals surface area contributed by atoms with Crippen LogP contribution in [0.5, 0.6) is 0 Å². The average molecular weight is 307 g/mol. The van der Waals surface area contributed by atoms with Crippen molar-refractivity contribution < 1.29 is 4.39 Å². The number of rotatable bonds is 3. The van der Waals surface area contributed by atoms with E-state index in [0.29, 0.717) is 10.6 Å². The van der Waals surface area contributed by atoms with Gasteiger partial charge in [-0.3, -0.25) is 5.84 Å². The Morgan fingerprint density at radius 1 is 1.15 bits per heavy atom. The summed E-state index contributed by atoms with van der Waals surface area (Å²) in [6.45, 7) is 0. The van der Waals surface area contributed by atoms with E-state index in [1.807, 2.05) is 29.6 Å². The van der Waals surface area contributed by atoms with Gasteiger partial charge in [0.25, 0.3) is 0 Å². The van der Waals surface area contributed by atoms with Crippen LogP contribution in [0.15, 0.2) is 47.8 Å². The minimum atomic E-state index is -0.434. The first kappa shape index (κ1) is 13.5. The lowest BCUT2D eigenvalue weighted by molar-refractivity contribution is 0.562. The Labute approximate surface area is 125 Å². The van der Waals surface area contributed by atoms with Crippen LogP contribution >= 0.6 is 22.9 Å². The summed E-state index contributed by atoms with van der Waals surface area (Å²) in [6.07, 6.45) is 0. The lowest BCUT2D eigenvalue weighted by atomic mass is 9.98. The number of halogens is 2. The normalized spacial score (nSPS) is 12.8. The quantitative estimate of drug-likeness (QED) is 0.561. The van der Waals surface area contributed by atoms with Gasteiger partial charge in [-0.05, 0) is 40.6 Å². The second-order valence-corrected chi connectivity index (χ2v) is 5.80. The Hall–Kier alpha value is -1.46. The fourth-order valence-electron chi connectivity index (χ4n) is 2.33. The lowest BCUT2D eigenvalue weighted by Gasteiger charge is -2.18. The number of nitrogens with two attached hydrogens (primary N) is 1. The van der Waals surface area contributed by atoms with Gasteiger partial charge in [-0.15, -0.1) is 11.3 Å². The second-order valence-electron chi connectivity index (χ2n) is 4.45. The second kappa shape index (κ2) is 5.50. The molecule has 3 aromatic rings. The summed E-state index contributed by atoms with van der Waals surface area (Å²) in [5.74, 6) is 5.33. The SMILES string of the molecule is NNC(c1cc(Cl)ccc1F)c1cccc2ccsc12. The average Bonchev–Trinajstić information content (AvgIpc) is 2.92. The Balaban J connectivity index is 2.19. The number of hydrogen-bond acceptors (Lipinski definition) is 3. The van der Waals surface area contributed by atoms with Gasteiger partial charge in [0.2, 0.25) is 0 Å². The maximum atomic E-state index is 14.1. The van der Waals surface area contributed by atoms with Crippen LogP contribution in [-0.2, 0) is 0 Å². The van der Waals surface area contributed by atoms with Crippen LogP contribution in [0.4, 0.5) is 4.39 Å².